The molecular formula is C34H31NO2. The highest BCUT2D eigenvalue weighted by molar-refractivity contribution is 5.66. The van der Waals surface area contributed by atoms with Crippen LogP contribution < -0.4 is 9.47 Å². The SMILES string of the molecule is C#Cc1ccc(-c2ccc(OCCCCCCCOc3ccc(-c4ccc(C#N)cc4)cc3)cc2)cc1. The predicted molar refractivity (Wildman–Crippen MR) is 150 cm³/mol. The third-order valence-electron chi connectivity index (χ3n) is 6.27. The molecular weight excluding hydrogens is 454 g/mol. The van der Waals surface area contributed by atoms with Crippen molar-refractivity contribution >= 4 is 0 Å². The van der Waals surface area contributed by atoms with Crippen LogP contribution in [-0.2, 0) is 0 Å². The molecule has 184 valence electrons. The topological polar surface area (TPSA) is 42.2 Å². The maximum absolute atomic E-state index is 8.93. The van der Waals surface area contributed by atoms with E-state index >= 15 is 0 Å². The molecule has 4 aromatic carbocycles. The summed E-state index contributed by atoms with van der Waals surface area (Å²) < 4.78 is 11.8. The lowest BCUT2D eigenvalue weighted by Gasteiger charge is -2.09. The summed E-state index contributed by atoms with van der Waals surface area (Å²) in [5.41, 5.74) is 6.08. The average molecular weight is 486 g/mol. The summed E-state index contributed by atoms with van der Waals surface area (Å²) in [6, 6.07) is 34.1. The Morgan fingerprint density at radius 2 is 0.838 bits per heavy atom. The maximum atomic E-state index is 8.93. The molecule has 3 nitrogen and oxygen atoms in total. The van der Waals surface area contributed by atoms with Crippen molar-refractivity contribution in [2.45, 2.75) is 32.1 Å². The summed E-state index contributed by atoms with van der Waals surface area (Å²) in [6.07, 6.45) is 11.0. The van der Waals surface area contributed by atoms with Crippen LogP contribution >= 0.6 is 0 Å². The molecule has 0 spiro atoms. The van der Waals surface area contributed by atoms with E-state index in [-0.39, 0.29) is 0 Å². The minimum atomic E-state index is 0.672. The van der Waals surface area contributed by atoms with Crippen LogP contribution in [0.25, 0.3) is 22.3 Å². The minimum absolute atomic E-state index is 0.672. The van der Waals surface area contributed by atoms with Crippen molar-refractivity contribution in [1.29, 1.82) is 5.26 Å². The first-order chi connectivity index (χ1) is 18.2. The molecule has 0 heterocycles. The first-order valence-corrected chi connectivity index (χ1v) is 12.8. The minimum Gasteiger partial charge on any atom is -0.494 e. The zero-order valence-electron chi connectivity index (χ0n) is 21.0. The molecule has 0 aromatic heterocycles. The number of hydrogen-bond donors (Lipinski definition) is 0. The van der Waals surface area contributed by atoms with Gasteiger partial charge in [-0.05, 0) is 83.6 Å². The Kier molecular flexibility index (Phi) is 9.40. The largest absolute Gasteiger partial charge is 0.494 e. The number of nitrogens with zero attached hydrogens (tertiary/aromatic N) is 1. The second-order valence-electron chi connectivity index (χ2n) is 8.92. The maximum Gasteiger partial charge on any atom is 0.119 e. The standard InChI is InChI=1S/C34H31NO2/c1-2-27-8-12-29(13-9-27)31-16-20-33(21-17-31)36-24-6-4-3-5-7-25-37-34-22-18-32(19-23-34)30-14-10-28(26-35)11-15-30/h1,8-23H,3-7,24-25H2. The molecule has 0 saturated heterocycles. The van der Waals surface area contributed by atoms with E-state index in [1.54, 1.807) is 0 Å². The Labute approximate surface area is 220 Å². The summed E-state index contributed by atoms with van der Waals surface area (Å²) in [6.45, 7) is 1.46. The van der Waals surface area contributed by atoms with Crippen molar-refractivity contribution < 1.29 is 9.47 Å². The van der Waals surface area contributed by atoms with Gasteiger partial charge in [-0.25, -0.2) is 0 Å². The average Bonchev–Trinajstić information content (AvgIpc) is 2.97. The zero-order chi connectivity index (χ0) is 25.7. The van der Waals surface area contributed by atoms with Gasteiger partial charge in [0.2, 0.25) is 0 Å². The monoisotopic (exact) mass is 485 g/mol. The number of hydrogen-bond acceptors (Lipinski definition) is 3. The van der Waals surface area contributed by atoms with E-state index in [1.165, 1.54) is 6.42 Å². The van der Waals surface area contributed by atoms with Gasteiger partial charge in [0.1, 0.15) is 11.5 Å². The van der Waals surface area contributed by atoms with Crippen molar-refractivity contribution in [2.75, 3.05) is 13.2 Å². The fourth-order valence-electron chi connectivity index (χ4n) is 4.10. The Morgan fingerprint density at radius 3 is 1.22 bits per heavy atom. The van der Waals surface area contributed by atoms with Crippen LogP contribution in [0.1, 0.15) is 43.2 Å². The molecule has 0 bridgehead atoms. The number of unbranched alkanes of at least 4 members (excludes halogenated alkanes) is 4. The molecule has 4 aromatic rings. The van der Waals surface area contributed by atoms with E-state index in [0.29, 0.717) is 5.56 Å². The van der Waals surface area contributed by atoms with Crippen LogP contribution in [0, 0.1) is 23.7 Å². The number of nitriles is 1. The van der Waals surface area contributed by atoms with Gasteiger partial charge in [-0.1, -0.05) is 73.7 Å². The molecule has 0 radical (unpaired) electrons. The Balaban J connectivity index is 1.06. The fraction of sp³-hybridized carbons (Fsp3) is 0.206. The van der Waals surface area contributed by atoms with E-state index in [0.717, 1.165) is 78.2 Å². The molecule has 4 rings (SSSR count). The van der Waals surface area contributed by atoms with Gasteiger partial charge in [0.15, 0.2) is 0 Å². The van der Waals surface area contributed by atoms with Gasteiger partial charge >= 0.3 is 0 Å². The van der Waals surface area contributed by atoms with E-state index in [1.807, 2.05) is 72.8 Å². The fourth-order valence-corrected chi connectivity index (χ4v) is 4.10. The molecule has 0 N–H and O–H groups in total. The van der Waals surface area contributed by atoms with Gasteiger partial charge in [-0.2, -0.15) is 5.26 Å². The Bertz CT molecular complexity index is 1220. The van der Waals surface area contributed by atoms with Crippen LogP contribution in [0.2, 0.25) is 0 Å². The molecule has 3 heteroatoms. The molecule has 0 aliphatic rings. The summed E-state index contributed by atoms with van der Waals surface area (Å²) >= 11 is 0. The van der Waals surface area contributed by atoms with Crippen molar-refractivity contribution in [3.63, 3.8) is 0 Å². The quantitative estimate of drug-likeness (QED) is 0.150. The lowest BCUT2D eigenvalue weighted by molar-refractivity contribution is 0.293. The van der Waals surface area contributed by atoms with Crippen LogP contribution in [0.5, 0.6) is 11.5 Å². The van der Waals surface area contributed by atoms with Gasteiger partial charge in [0, 0.05) is 5.56 Å². The van der Waals surface area contributed by atoms with Crippen molar-refractivity contribution in [3.8, 4) is 52.2 Å². The first-order valence-electron chi connectivity index (χ1n) is 12.8. The van der Waals surface area contributed by atoms with Crippen molar-refractivity contribution in [1.82, 2.24) is 0 Å². The second kappa shape index (κ2) is 13.6. The smallest absolute Gasteiger partial charge is 0.119 e. The molecule has 0 aliphatic carbocycles. The molecule has 0 amide bonds. The molecule has 0 fully saturated rings. The van der Waals surface area contributed by atoms with E-state index in [9.17, 15) is 0 Å². The Hall–Kier alpha value is -4.47. The van der Waals surface area contributed by atoms with Crippen molar-refractivity contribution in [2.24, 2.45) is 0 Å². The third-order valence-corrected chi connectivity index (χ3v) is 6.27. The highest BCUT2D eigenvalue weighted by Gasteiger charge is 2.01. The van der Waals surface area contributed by atoms with Crippen LogP contribution in [-0.4, -0.2) is 13.2 Å². The van der Waals surface area contributed by atoms with Crippen LogP contribution in [0.3, 0.4) is 0 Å². The van der Waals surface area contributed by atoms with Gasteiger partial charge in [-0.15, -0.1) is 6.42 Å². The molecule has 37 heavy (non-hydrogen) atoms. The van der Waals surface area contributed by atoms with Gasteiger partial charge < -0.3 is 9.47 Å². The molecule has 0 atom stereocenters. The summed E-state index contributed by atoms with van der Waals surface area (Å²) in [7, 11) is 0. The Morgan fingerprint density at radius 1 is 0.486 bits per heavy atom. The van der Waals surface area contributed by atoms with Gasteiger partial charge in [0.05, 0.1) is 24.8 Å². The van der Waals surface area contributed by atoms with Crippen LogP contribution in [0.15, 0.2) is 97.1 Å². The first kappa shape index (κ1) is 25.6. The summed E-state index contributed by atoms with van der Waals surface area (Å²) in [4.78, 5) is 0. The highest BCUT2D eigenvalue weighted by atomic mass is 16.5. The molecule has 0 saturated carbocycles. The zero-order valence-corrected chi connectivity index (χ0v) is 21.0. The van der Waals surface area contributed by atoms with Crippen LogP contribution in [0.4, 0.5) is 0 Å². The number of rotatable bonds is 12. The molecule has 0 unspecified atom stereocenters. The third kappa shape index (κ3) is 7.76. The molecule has 0 aliphatic heterocycles. The number of terminal acetylenes is 1. The lowest BCUT2D eigenvalue weighted by Crippen LogP contribution is -1.99. The van der Waals surface area contributed by atoms with E-state index in [4.69, 9.17) is 21.2 Å². The van der Waals surface area contributed by atoms with Gasteiger partial charge in [-0.3, -0.25) is 0 Å². The van der Waals surface area contributed by atoms with Crippen molar-refractivity contribution in [3.05, 3.63) is 108 Å². The lowest BCUT2D eigenvalue weighted by atomic mass is 10.0. The summed E-state index contributed by atoms with van der Waals surface area (Å²) in [5.74, 6) is 4.44. The number of ether oxygens (including phenoxy) is 2. The highest BCUT2D eigenvalue weighted by Crippen LogP contribution is 2.24. The summed E-state index contributed by atoms with van der Waals surface area (Å²) in [5, 5.41) is 8.93. The number of benzene rings is 4. The van der Waals surface area contributed by atoms with E-state index in [2.05, 4.69) is 36.3 Å². The van der Waals surface area contributed by atoms with E-state index < -0.39 is 0 Å². The van der Waals surface area contributed by atoms with Gasteiger partial charge in [0.25, 0.3) is 0 Å². The normalized spacial score (nSPS) is 10.3. The predicted octanol–water partition coefficient (Wildman–Crippen LogP) is 8.28. The second-order valence-corrected chi connectivity index (χ2v) is 8.92.